The summed E-state index contributed by atoms with van der Waals surface area (Å²) in [5.41, 5.74) is 2.47. The molecule has 4 rings (SSSR count). The number of hydrogen-bond acceptors (Lipinski definition) is 6. The van der Waals surface area contributed by atoms with Gasteiger partial charge >= 0.3 is 0 Å². The van der Waals surface area contributed by atoms with Gasteiger partial charge in [0.05, 0.1) is 11.4 Å². The van der Waals surface area contributed by atoms with Crippen molar-refractivity contribution in [2.24, 2.45) is 10.4 Å². The van der Waals surface area contributed by atoms with Crippen LogP contribution >= 0.6 is 11.8 Å². The van der Waals surface area contributed by atoms with Crippen LogP contribution < -0.4 is 14.4 Å². The molecule has 0 aromatic heterocycles. The lowest BCUT2D eigenvalue weighted by Crippen LogP contribution is -2.31. The standard InChI is InChI=1S/C24H24N2O4S/c1-15-5-8-17(9-6-15)26-22(28)18(25-23(26)31-13-21(27)24(2,3)4)11-16-7-10-19-20(12-16)30-14-29-19/h5-12H,13-14H2,1-4H3/b18-11+. The van der Waals surface area contributed by atoms with Gasteiger partial charge in [0.25, 0.3) is 5.91 Å². The topological polar surface area (TPSA) is 68.2 Å². The van der Waals surface area contributed by atoms with Crippen LogP contribution in [0.3, 0.4) is 0 Å². The van der Waals surface area contributed by atoms with Crippen LogP contribution in [-0.4, -0.2) is 29.4 Å². The molecule has 0 atom stereocenters. The molecule has 2 aliphatic rings. The molecule has 0 saturated heterocycles. The van der Waals surface area contributed by atoms with Gasteiger partial charge in [-0.25, -0.2) is 4.99 Å². The minimum atomic E-state index is -0.448. The third-order valence-corrected chi connectivity index (χ3v) is 5.93. The smallest absolute Gasteiger partial charge is 0.283 e. The van der Waals surface area contributed by atoms with E-state index in [4.69, 9.17) is 9.47 Å². The second-order valence-corrected chi connectivity index (χ2v) is 9.42. The second kappa shape index (κ2) is 8.23. The van der Waals surface area contributed by atoms with E-state index in [1.807, 2.05) is 70.2 Å². The number of Topliss-reactive ketones (excluding diaryl/α,β-unsaturated/α-hetero) is 1. The van der Waals surface area contributed by atoms with Gasteiger partial charge in [-0.1, -0.05) is 56.3 Å². The Bertz CT molecular complexity index is 1100. The summed E-state index contributed by atoms with van der Waals surface area (Å²) < 4.78 is 10.8. The SMILES string of the molecule is Cc1ccc(N2C(=O)/C(=C\c3ccc4c(c3)OCO4)N=C2SCC(=O)C(C)(C)C)cc1. The van der Waals surface area contributed by atoms with Crippen molar-refractivity contribution in [2.45, 2.75) is 27.7 Å². The van der Waals surface area contributed by atoms with E-state index >= 15 is 0 Å². The van der Waals surface area contributed by atoms with Crippen LogP contribution in [0, 0.1) is 12.3 Å². The first-order valence-corrected chi connectivity index (χ1v) is 11.0. The molecule has 2 aromatic rings. The van der Waals surface area contributed by atoms with Gasteiger partial charge in [0, 0.05) is 5.41 Å². The number of anilines is 1. The molecule has 0 radical (unpaired) electrons. The summed E-state index contributed by atoms with van der Waals surface area (Å²) in [5, 5.41) is 0.499. The Balaban J connectivity index is 1.66. The van der Waals surface area contributed by atoms with Crippen molar-refractivity contribution in [2.75, 3.05) is 17.4 Å². The molecule has 2 aromatic carbocycles. The Labute approximate surface area is 185 Å². The van der Waals surface area contributed by atoms with Crippen LogP contribution in [0.15, 0.2) is 53.2 Å². The molecular weight excluding hydrogens is 412 g/mol. The predicted molar refractivity (Wildman–Crippen MR) is 124 cm³/mol. The fourth-order valence-corrected chi connectivity index (χ4v) is 4.20. The quantitative estimate of drug-likeness (QED) is 0.643. The van der Waals surface area contributed by atoms with Gasteiger partial charge in [0.2, 0.25) is 6.79 Å². The number of benzene rings is 2. The molecule has 6 nitrogen and oxygen atoms in total. The zero-order chi connectivity index (χ0) is 22.2. The number of ether oxygens (including phenoxy) is 2. The summed E-state index contributed by atoms with van der Waals surface area (Å²) in [6.45, 7) is 7.85. The zero-order valence-electron chi connectivity index (χ0n) is 18.0. The minimum Gasteiger partial charge on any atom is -0.454 e. The molecule has 2 aliphatic heterocycles. The highest BCUT2D eigenvalue weighted by Crippen LogP contribution is 2.35. The largest absolute Gasteiger partial charge is 0.454 e. The van der Waals surface area contributed by atoms with E-state index in [-0.39, 0.29) is 24.2 Å². The molecule has 0 fully saturated rings. The lowest BCUT2D eigenvalue weighted by atomic mass is 9.92. The number of amides is 1. The first kappa shape index (κ1) is 21.2. The monoisotopic (exact) mass is 436 g/mol. The van der Waals surface area contributed by atoms with Crippen LogP contribution in [0.2, 0.25) is 0 Å². The number of thioether (sulfide) groups is 1. The normalized spacial score (nSPS) is 16.8. The van der Waals surface area contributed by atoms with Gasteiger partial charge in [-0.15, -0.1) is 0 Å². The van der Waals surface area contributed by atoms with Gasteiger partial charge in [-0.3, -0.25) is 14.5 Å². The lowest BCUT2D eigenvalue weighted by Gasteiger charge is -2.20. The fraction of sp³-hybridized carbons (Fsp3) is 0.292. The van der Waals surface area contributed by atoms with Crippen molar-refractivity contribution in [3.05, 3.63) is 59.3 Å². The van der Waals surface area contributed by atoms with E-state index in [1.54, 1.807) is 11.0 Å². The summed E-state index contributed by atoms with van der Waals surface area (Å²) >= 11 is 1.28. The lowest BCUT2D eigenvalue weighted by molar-refractivity contribution is -0.123. The molecule has 2 heterocycles. The third-order valence-electron chi connectivity index (χ3n) is 4.99. The molecule has 0 spiro atoms. The minimum absolute atomic E-state index is 0.102. The summed E-state index contributed by atoms with van der Waals surface area (Å²) in [6.07, 6.45) is 1.73. The Kier molecular flexibility index (Phi) is 5.62. The summed E-state index contributed by atoms with van der Waals surface area (Å²) in [5.74, 6) is 1.44. The maximum Gasteiger partial charge on any atom is 0.283 e. The average Bonchev–Trinajstić information content (AvgIpc) is 3.30. The number of carbonyl (C=O) groups is 2. The molecule has 0 saturated carbocycles. The number of carbonyl (C=O) groups excluding carboxylic acids is 2. The van der Waals surface area contributed by atoms with Crippen molar-refractivity contribution < 1.29 is 19.1 Å². The zero-order valence-corrected chi connectivity index (χ0v) is 18.8. The molecule has 31 heavy (non-hydrogen) atoms. The molecule has 0 N–H and O–H groups in total. The van der Waals surface area contributed by atoms with E-state index in [1.165, 1.54) is 11.8 Å². The summed E-state index contributed by atoms with van der Waals surface area (Å²) in [6, 6.07) is 13.2. The number of fused-ring (bicyclic) bond motifs is 1. The van der Waals surface area contributed by atoms with Crippen molar-refractivity contribution in [3.63, 3.8) is 0 Å². The van der Waals surface area contributed by atoms with Crippen molar-refractivity contribution in [1.29, 1.82) is 0 Å². The van der Waals surface area contributed by atoms with Gasteiger partial charge < -0.3 is 9.47 Å². The highest BCUT2D eigenvalue weighted by atomic mass is 32.2. The number of aliphatic imine (C=N–C) groups is 1. The van der Waals surface area contributed by atoms with Crippen molar-refractivity contribution in [3.8, 4) is 11.5 Å². The Morgan fingerprint density at radius 3 is 2.55 bits per heavy atom. The van der Waals surface area contributed by atoms with E-state index in [2.05, 4.69) is 4.99 Å². The van der Waals surface area contributed by atoms with Gasteiger partial charge in [-0.2, -0.15) is 0 Å². The predicted octanol–water partition coefficient (Wildman–Crippen LogP) is 4.82. The molecule has 0 aliphatic carbocycles. The molecule has 160 valence electrons. The number of rotatable bonds is 4. The van der Waals surface area contributed by atoms with Crippen LogP contribution in [-0.2, 0) is 9.59 Å². The Morgan fingerprint density at radius 1 is 1.13 bits per heavy atom. The van der Waals surface area contributed by atoms with Gasteiger partial charge in [0.1, 0.15) is 11.5 Å². The number of amidine groups is 1. The fourth-order valence-electron chi connectivity index (χ4n) is 3.02. The number of ketones is 1. The van der Waals surface area contributed by atoms with Crippen molar-refractivity contribution >= 4 is 40.4 Å². The Morgan fingerprint density at radius 2 is 1.84 bits per heavy atom. The molecule has 0 bridgehead atoms. The highest BCUT2D eigenvalue weighted by Gasteiger charge is 2.33. The van der Waals surface area contributed by atoms with Gasteiger partial charge in [-0.05, 0) is 42.8 Å². The van der Waals surface area contributed by atoms with Crippen molar-refractivity contribution in [1.82, 2.24) is 0 Å². The van der Waals surface area contributed by atoms with E-state index in [0.717, 1.165) is 16.8 Å². The summed E-state index contributed by atoms with van der Waals surface area (Å²) in [7, 11) is 0. The van der Waals surface area contributed by atoms with Crippen LogP contribution in [0.25, 0.3) is 6.08 Å². The Hall–Kier alpha value is -3.06. The maximum absolute atomic E-state index is 13.3. The third kappa shape index (κ3) is 4.51. The first-order chi connectivity index (χ1) is 14.7. The van der Waals surface area contributed by atoms with Gasteiger partial charge in [0.15, 0.2) is 16.7 Å². The number of nitrogens with zero attached hydrogens (tertiary/aromatic N) is 2. The first-order valence-electron chi connectivity index (χ1n) is 9.99. The summed E-state index contributed by atoms with van der Waals surface area (Å²) in [4.78, 5) is 31.9. The molecule has 1 amide bonds. The van der Waals surface area contributed by atoms with E-state index < -0.39 is 5.41 Å². The second-order valence-electron chi connectivity index (χ2n) is 8.47. The van der Waals surface area contributed by atoms with E-state index in [0.29, 0.717) is 22.4 Å². The highest BCUT2D eigenvalue weighted by molar-refractivity contribution is 8.14. The van der Waals surface area contributed by atoms with Crippen LogP contribution in [0.5, 0.6) is 11.5 Å². The average molecular weight is 437 g/mol. The van der Waals surface area contributed by atoms with Crippen LogP contribution in [0.4, 0.5) is 5.69 Å². The maximum atomic E-state index is 13.3. The molecule has 7 heteroatoms. The molecular formula is C24H24N2O4S. The number of aryl methyl sites for hydroxylation is 1. The molecule has 0 unspecified atom stereocenters. The number of hydrogen-bond donors (Lipinski definition) is 0. The van der Waals surface area contributed by atoms with Crippen LogP contribution in [0.1, 0.15) is 31.9 Å². The van der Waals surface area contributed by atoms with E-state index in [9.17, 15) is 9.59 Å².